The van der Waals surface area contributed by atoms with Gasteiger partial charge in [-0.1, -0.05) is 42.5 Å². The lowest BCUT2D eigenvalue weighted by atomic mass is 10.0. The Morgan fingerprint density at radius 2 is 1.83 bits per heavy atom. The molecule has 0 amide bonds. The lowest BCUT2D eigenvalue weighted by molar-refractivity contribution is -0.165. The molecule has 3 N–H and O–H groups in total. The van der Waals surface area contributed by atoms with E-state index in [1.807, 2.05) is 16.7 Å². The molecule has 5 rings (SSSR count). The minimum atomic E-state index is -1.06. The van der Waals surface area contributed by atoms with Crippen LogP contribution in [-0.2, 0) is 11.2 Å². The SMILES string of the molecule is N=C[C@H]1O[C@@H](n2cc(Cc3ccc(C4CC4)cc3)c3ccccc32)C[C@@H](O)[C@@H]1O. The van der Waals surface area contributed by atoms with Crippen LogP contribution in [0.4, 0.5) is 0 Å². The van der Waals surface area contributed by atoms with Crippen molar-refractivity contribution in [2.24, 2.45) is 0 Å². The van der Waals surface area contributed by atoms with Gasteiger partial charge in [0.15, 0.2) is 0 Å². The summed E-state index contributed by atoms with van der Waals surface area (Å²) in [6.45, 7) is 0. The third kappa shape index (κ3) is 3.50. The van der Waals surface area contributed by atoms with Gasteiger partial charge in [0.2, 0.25) is 0 Å². The molecule has 5 heteroatoms. The zero-order chi connectivity index (χ0) is 20.0. The van der Waals surface area contributed by atoms with Crippen LogP contribution in [0.5, 0.6) is 0 Å². The normalized spacial score (nSPS) is 27.2. The minimum absolute atomic E-state index is 0.291. The highest BCUT2D eigenvalue weighted by Gasteiger charge is 2.36. The number of para-hydroxylation sites is 1. The first-order valence-corrected chi connectivity index (χ1v) is 10.3. The minimum Gasteiger partial charge on any atom is -0.390 e. The van der Waals surface area contributed by atoms with E-state index >= 15 is 0 Å². The highest BCUT2D eigenvalue weighted by atomic mass is 16.5. The van der Waals surface area contributed by atoms with Crippen LogP contribution in [0.3, 0.4) is 0 Å². The van der Waals surface area contributed by atoms with Crippen molar-refractivity contribution in [1.29, 1.82) is 5.41 Å². The molecular weight excluding hydrogens is 364 g/mol. The van der Waals surface area contributed by atoms with Gasteiger partial charge in [0.05, 0.1) is 11.6 Å². The molecule has 1 saturated heterocycles. The number of fused-ring (bicyclic) bond motifs is 1. The van der Waals surface area contributed by atoms with Crippen LogP contribution in [-0.4, -0.2) is 39.3 Å². The Hall–Kier alpha value is -2.47. The lowest BCUT2D eigenvalue weighted by Gasteiger charge is -2.36. The van der Waals surface area contributed by atoms with E-state index in [4.69, 9.17) is 10.1 Å². The molecule has 150 valence electrons. The van der Waals surface area contributed by atoms with Gasteiger partial charge in [-0.3, -0.25) is 0 Å². The zero-order valence-electron chi connectivity index (χ0n) is 16.2. The molecule has 0 radical (unpaired) electrons. The Labute approximate surface area is 170 Å². The average molecular weight is 390 g/mol. The summed E-state index contributed by atoms with van der Waals surface area (Å²) in [7, 11) is 0. The van der Waals surface area contributed by atoms with E-state index in [0.717, 1.165) is 29.5 Å². The third-order valence-electron chi connectivity index (χ3n) is 6.21. The van der Waals surface area contributed by atoms with E-state index < -0.39 is 24.5 Å². The molecule has 2 heterocycles. The summed E-state index contributed by atoms with van der Waals surface area (Å²) in [4.78, 5) is 0. The molecule has 1 aromatic heterocycles. The number of benzene rings is 2. The number of hydrogen-bond acceptors (Lipinski definition) is 4. The molecule has 3 aromatic rings. The summed E-state index contributed by atoms with van der Waals surface area (Å²) >= 11 is 0. The van der Waals surface area contributed by atoms with Crippen molar-refractivity contribution in [3.8, 4) is 0 Å². The van der Waals surface area contributed by atoms with Crippen LogP contribution < -0.4 is 0 Å². The quantitative estimate of drug-likeness (QED) is 0.580. The van der Waals surface area contributed by atoms with E-state index in [9.17, 15) is 10.2 Å². The zero-order valence-corrected chi connectivity index (χ0v) is 16.2. The van der Waals surface area contributed by atoms with E-state index in [-0.39, 0.29) is 0 Å². The molecule has 0 bridgehead atoms. The average Bonchev–Trinajstić information content (AvgIpc) is 3.53. The molecule has 5 nitrogen and oxygen atoms in total. The highest BCUT2D eigenvalue weighted by molar-refractivity contribution is 5.84. The predicted molar refractivity (Wildman–Crippen MR) is 112 cm³/mol. The number of nitrogens with zero attached hydrogens (tertiary/aromatic N) is 1. The Bertz CT molecular complexity index is 1020. The summed E-state index contributed by atoms with van der Waals surface area (Å²) in [6, 6.07) is 17.1. The molecule has 1 aliphatic heterocycles. The monoisotopic (exact) mass is 390 g/mol. The fourth-order valence-electron chi connectivity index (χ4n) is 4.40. The van der Waals surface area contributed by atoms with Gasteiger partial charge in [-0.05, 0) is 47.9 Å². The van der Waals surface area contributed by atoms with Crippen LogP contribution in [0.2, 0.25) is 0 Å². The number of hydrogen-bond donors (Lipinski definition) is 3. The molecular formula is C24H26N2O3. The van der Waals surface area contributed by atoms with Crippen molar-refractivity contribution in [3.05, 3.63) is 71.4 Å². The summed E-state index contributed by atoms with van der Waals surface area (Å²) in [5.41, 5.74) is 4.96. The Balaban J connectivity index is 1.47. The largest absolute Gasteiger partial charge is 0.390 e. The molecule has 0 spiro atoms. The summed E-state index contributed by atoms with van der Waals surface area (Å²) < 4.78 is 7.97. The van der Waals surface area contributed by atoms with Crippen molar-refractivity contribution in [2.45, 2.75) is 56.1 Å². The first-order chi connectivity index (χ1) is 14.1. The number of aliphatic hydroxyl groups is 2. The maximum Gasteiger partial charge on any atom is 0.137 e. The van der Waals surface area contributed by atoms with Crippen molar-refractivity contribution in [3.63, 3.8) is 0 Å². The molecule has 2 aliphatic rings. The standard InChI is InChI=1S/C24H26N2O3/c25-13-22-24(28)21(27)12-23(29-22)26-14-18(19-3-1-2-4-20(19)26)11-15-5-7-16(8-6-15)17-9-10-17/h1-8,13-14,17,21-25,27-28H,9-12H2/t21-,22-,23-,24+/m1/s1. The van der Waals surface area contributed by atoms with Crippen molar-refractivity contribution >= 4 is 17.1 Å². The Kier molecular flexibility index (Phi) is 4.74. The van der Waals surface area contributed by atoms with Crippen LogP contribution in [0.25, 0.3) is 10.9 Å². The second-order valence-electron chi connectivity index (χ2n) is 8.29. The first kappa shape index (κ1) is 18.6. The van der Waals surface area contributed by atoms with Crippen molar-refractivity contribution in [2.75, 3.05) is 0 Å². The first-order valence-electron chi connectivity index (χ1n) is 10.3. The molecule has 29 heavy (non-hydrogen) atoms. The summed E-state index contributed by atoms with van der Waals surface area (Å²) in [5.74, 6) is 0.762. The molecule has 4 atom stereocenters. The highest BCUT2D eigenvalue weighted by Crippen LogP contribution is 2.40. The maximum absolute atomic E-state index is 10.3. The van der Waals surface area contributed by atoms with Gasteiger partial charge >= 0.3 is 0 Å². The second-order valence-corrected chi connectivity index (χ2v) is 8.29. The van der Waals surface area contributed by atoms with Gasteiger partial charge in [0, 0.05) is 24.2 Å². The number of rotatable bonds is 5. The Morgan fingerprint density at radius 3 is 2.55 bits per heavy atom. The van der Waals surface area contributed by atoms with Crippen molar-refractivity contribution < 1.29 is 14.9 Å². The fourth-order valence-corrected chi connectivity index (χ4v) is 4.40. The second kappa shape index (κ2) is 7.41. The smallest absolute Gasteiger partial charge is 0.137 e. The molecule has 1 aliphatic carbocycles. The van der Waals surface area contributed by atoms with Crippen molar-refractivity contribution in [1.82, 2.24) is 4.57 Å². The van der Waals surface area contributed by atoms with Crippen LogP contribution >= 0.6 is 0 Å². The van der Waals surface area contributed by atoms with E-state index in [1.54, 1.807) is 0 Å². The fraction of sp³-hybridized carbons (Fsp3) is 0.375. The topological polar surface area (TPSA) is 78.5 Å². The Morgan fingerprint density at radius 1 is 1.07 bits per heavy atom. The van der Waals surface area contributed by atoms with E-state index in [0.29, 0.717) is 6.42 Å². The van der Waals surface area contributed by atoms with Gasteiger partial charge < -0.3 is 24.9 Å². The van der Waals surface area contributed by atoms with E-state index in [1.165, 1.54) is 29.5 Å². The molecule has 1 saturated carbocycles. The molecule has 2 aromatic carbocycles. The van der Waals surface area contributed by atoms with Crippen LogP contribution in [0.15, 0.2) is 54.7 Å². The van der Waals surface area contributed by atoms with Crippen LogP contribution in [0, 0.1) is 5.41 Å². The molecule has 0 unspecified atom stereocenters. The van der Waals surface area contributed by atoms with Gasteiger partial charge in [0.25, 0.3) is 0 Å². The summed E-state index contributed by atoms with van der Waals surface area (Å²) in [6.07, 6.45) is 3.69. The van der Waals surface area contributed by atoms with E-state index in [2.05, 4.69) is 42.6 Å². The number of nitrogens with one attached hydrogen (secondary N) is 1. The third-order valence-corrected chi connectivity index (χ3v) is 6.21. The van der Waals surface area contributed by atoms with Gasteiger partial charge in [-0.15, -0.1) is 0 Å². The number of aromatic nitrogens is 1. The predicted octanol–water partition coefficient (Wildman–Crippen LogP) is 3.77. The lowest BCUT2D eigenvalue weighted by Crippen LogP contribution is -2.47. The van der Waals surface area contributed by atoms with Gasteiger partial charge in [-0.2, -0.15) is 0 Å². The number of ether oxygens (including phenoxy) is 1. The van der Waals surface area contributed by atoms with Gasteiger partial charge in [-0.25, -0.2) is 0 Å². The summed E-state index contributed by atoms with van der Waals surface area (Å²) in [5, 5.41) is 29.0. The van der Waals surface area contributed by atoms with Crippen LogP contribution in [0.1, 0.15) is 48.1 Å². The van der Waals surface area contributed by atoms with Gasteiger partial charge in [0.1, 0.15) is 18.4 Å². The number of aliphatic hydroxyl groups excluding tert-OH is 2. The molecule has 2 fully saturated rings. The maximum atomic E-state index is 10.3.